The van der Waals surface area contributed by atoms with E-state index in [1.807, 2.05) is 0 Å². The maximum Gasteiger partial charge on any atom is 0.416 e. The molecule has 0 saturated carbocycles. The zero-order valence-corrected chi connectivity index (χ0v) is 13.2. The number of amides is 1. The second-order valence-corrected chi connectivity index (χ2v) is 5.81. The number of hydrogen-bond donors (Lipinski definition) is 3. The number of carbonyl (C=O) groups excluding carboxylic acids is 1. The van der Waals surface area contributed by atoms with Crippen molar-refractivity contribution in [3.05, 3.63) is 45.2 Å². The van der Waals surface area contributed by atoms with Crippen molar-refractivity contribution in [1.29, 1.82) is 0 Å². The molecule has 0 aliphatic carbocycles. The zero-order valence-electron chi connectivity index (χ0n) is 11.6. The highest BCUT2D eigenvalue weighted by atomic mass is 35.5. The average molecular weight is 380 g/mol. The number of benzene rings is 1. The molecule has 0 atom stereocenters. The molecule has 1 aromatic carbocycles. The van der Waals surface area contributed by atoms with Gasteiger partial charge in [-0.2, -0.15) is 18.2 Å². The standard InChI is InChI=1S/C13H9ClF3N3O3S/c14-7-2-1-6(13(15,16)17)3-8(7)18-11(23)5-24-12-19-9(21)4-10(22)20-12/h1-4H,5H2,(H,18,23)(H2,19,20,21,22). The van der Waals surface area contributed by atoms with Crippen molar-refractivity contribution < 1.29 is 23.1 Å². The lowest BCUT2D eigenvalue weighted by atomic mass is 10.2. The first-order valence-electron chi connectivity index (χ1n) is 6.25. The van der Waals surface area contributed by atoms with Crippen molar-refractivity contribution in [3.8, 4) is 5.88 Å². The maximum absolute atomic E-state index is 12.7. The minimum Gasteiger partial charge on any atom is -0.493 e. The quantitative estimate of drug-likeness (QED) is 0.561. The van der Waals surface area contributed by atoms with Crippen LogP contribution in [0.2, 0.25) is 5.02 Å². The molecule has 11 heteroatoms. The molecule has 0 unspecified atom stereocenters. The monoisotopic (exact) mass is 379 g/mol. The van der Waals surface area contributed by atoms with Crippen LogP contribution in [-0.2, 0) is 11.0 Å². The van der Waals surface area contributed by atoms with Gasteiger partial charge in [0.05, 0.1) is 28.1 Å². The number of rotatable bonds is 4. The van der Waals surface area contributed by atoms with Gasteiger partial charge in [0.25, 0.3) is 5.56 Å². The fraction of sp³-hybridized carbons (Fsp3) is 0.154. The molecule has 1 amide bonds. The molecule has 0 saturated heterocycles. The van der Waals surface area contributed by atoms with Crippen LogP contribution >= 0.6 is 23.4 Å². The average Bonchev–Trinajstić information content (AvgIpc) is 2.45. The van der Waals surface area contributed by atoms with Crippen LogP contribution in [0.15, 0.2) is 34.2 Å². The second kappa shape index (κ2) is 7.14. The number of anilines is 1. The molecule has 0 bridgehead atoms. The van der Waals surface area contributed by atoms with Crippen LogP contribution in [0.1, 0.15) is 5.56 Å². The van der Waals surface area contributed by atoms with Crippen LogP contribution in [0.3, 0.4) is 0 Å². The Morgan fingerprint density at radius 3 is 2.71 bits per heavy atom. The summed E-state index contributed by atoms with van der Waals surface area (Å²) in [5.41, 5.74) is -1.74. The highest BCUT2D eigenvalue weighted by molar-refractivity contribution is 7.99. The predicted molar refractivity (Wildman–Crippen MR) is 82.3 cm³/mol. The molecule has 2 rings (SSSR count). The molecule has 0 spiro atoms. The number of nitrogens with zero attached hydrogens (tertiary/aromatic N) is 1. The first-order chi connectivity index (χ1) is 11.1. The van der Waals surface area contributed by atoms with Gasteiger partial charge in [-0.1, -0.05) is 23.4 Å². The number of thioether (sulfide) groups is 1. The van der Waals surface area contributed by atoms with Crippen molar-refractivity contribution in [2.24, 2.45) is 0 Å². The van der Waals surface area contributed by atoms with Gasteiger partial charge < -0.3 is 15.4 Å². The molecule has 0 aliphatic rings. The van der Waals surface area contributed by atoms with E-state index in [2.05, 4.69) is 15.3 Å². The summed E-state index contributed by atoms with van der Waals surface area (Å²) in [7, 11) is 0. The van der Waals surface area contributed by atoms with Crippen molar-refractivity contribution >= 4 is 35.0 Å². The second-order valence-electron chi connectivity index (χ2n) is 4.44. The minimum absolute atomic E-state index is 0.00899. The summed E-state index contributed by atoms with van der Waals surface area (Å²) in [5, 5.41) is 11.4. The first kappa shape index (κ1) is 18.1. The largest absolute Gasteiger partial charge is 0.493 e. The molecular formula is C13H9ClF3N3O3S. The highest BCUT2D eigenvalue weighted by Gasteiger charge is 2.31. The van der Waals surface area contributed by atoms with Gasteiger partial charge in [-0.25, -0.2) is 0 Å². The Labute approximate surface area is 142 Å². The third kappa shape index (κ3) is 4.90. The van der Waals surface area contributed by atoms with E-state index in [1.165, 1.54) is 0 Å². The number of carbonyl (C=O) groups is 1. The van der Waals surface area contributed by atoms with E-state index in [0.29, 0.717) is 0 Å². The number of alkyl halides is 3. The lowest BCUT2D eigenvalue weighted by molar-refractivity contribution is -0.137. The number of aromatic amines is 1. The summed E-state index contributed by atoms with van der Waals surface area (Å²) >= 11 is 6.56. The number of hydrogen-bond acceptors (Lipinski definition) is 5. The van der Waals surface area contributed by atoms with Crippen molar-refractivity contribution in [1.82, 2.24) is 9.97 Å². The summed E-state index contributed by atoms with van der Waals surface area (Å²) < 4.78 is 38.0. The number of aromatic hydroxyl groups is 1. The number of halogens is 4. The Hall–Kier alpha value is -2.20. The van der Waals surface area contributed by atoms with Crippen molar-refractivity contribution in [2.45, 2.75) is 11.3 Å². The van der Waals surface area contributed by atoms with Crippen LogP contribution in [0.25, 0.3) is 0 Å². The molecule has 1 aromatic heterocycles. The third-order valence-corrected chi connectivity index (χ3v) is 3.82. The van der Waals surface area contributed by atoms with E-state index in [4.69, 9.17) is 16.7 Å². The normalized spacial score (nSPS) is 11.3. The number of aromatic nitrogens is 2. The molecule has 0 radical (unpaired) electrons. The third-order valence-electron chi connectivity index (χ3n) is 2.61. The Bertz CT molecular complexity index is 826. The Morgan fingerprint density at radius 2 is 2.08 bits per heavy atom. The molecule has 1 heterocycles. The Balaban J connectivity index is 2.06. The van der Waals surface area contributed by atoms with Crippen LogP contribution in [0.4, 0.5) is 18.9 Å². The van der Waals surface area contributed by atoms with Crippen LogP contribution < -0.4 is 10.9 Å². The van der Waals surface area contributed by atoms with E-state index in [0.717, 1.165) is 36.0 Å². The molecule has 6 nitrogen and oxygen atoms in total. The zero-order chi connectivity index (χ0) is 17.9. The Kier molecular flexibility index (Phi) is 5.40. The van der Waals surface area contributed by atoms with Crippen LogP contribution in [-0.4, -0.2) is 26.7 Å². The summed E-state index contributed by atoms with van der Waals surface area (Å²) in [4.78, 5) is 28.8. The lowest BCUT2D eigenvalue weighted by Gasteiger charge is -2.11. The summed E-state index contributed by atoms with van der Waals surface area (Å²) in [6, 6.07) is 3.40. The predicted octanol–water partition coefficient (Wildman–Crippen LogP) is 2.88. The minimum atomic E-state index is -4.57. The SMILES string of the molecule is O=C(CSc1nc(O)cc(=O)[nH]1)Nc1cc(C(F)(F)F)ccc1Cl. The van der Waals surface area contributed by atoms with E-state index in [9.17, 15) is 22.8 Å². The fourth-order valence-corrected chi connectivity index (χ4v) is 2.44. The summed E-state index contributed by atoms with van der Waals surface area (Å²) in [6.45, 7) is 0. The van der Waals surface area contributed by atoms with Gasteiger partial charge in [-0.05, 0) is 18.2 Å². The van der Waals surface area contributed by atoms with Gasteiger partial charge in [0.2, 0.25) is 11.8 Å². The van der Waals surface area contributed by atoms with Crippen LogP contribution in [0, 0.1) is 0 Å². The van der Waals surface area contributed by atoms with E-state index in [1.54, 1.807) is 0 Å². The van der Waals surface area contributed by atoms with Crippen molar-refractivity contribution in [3.63, 3.8) is 0 Å². The maximum atomic E-state index is 12.7. The topological polar surface area (TPSA) is 95.1 Å². The van der Waals surface area contributed by atoms with E-state index >= 15 is 0 Å². The highest BCUT2D eigenvalue weighted by Crippen LogP contribution is 2.33. The van der Waals surface area contributed by atoms with Gasteiger partial charge in [0.1, 0.15) is 0 Å². The fourth-order valence-electron chi connectivity index (χ4n) is 1.61. The molecule has 0 fully saturated rings. The molecule has 2 aromatic rings. The van der Waals surface area contributed by atoms with E-state index in [-0.39, 0.29) is 21.6 Å². The summed E-state index contributed by atoms with van der Waals surface area (Å²) in [5.74, 6) is -1.44. The molecule has 128 valence electrons. The molecule has 0 aliphatic heterocycles. The van der Waals surface area contributed by atoms with E-state index < -0.39 is 29.1 Å². The lowest BCUT2D eigenvalue weighted by Crippen LogP contribution is -2.16. The molecule has 24 heavy (non-hydrogen) atoms. The van der Waals surface area contributed by atoms with Crippen LogP contribution in [0.5, 0.6) is 5.88 Å². The smallest absolute Gasteiger partial charge is 0.416 e. The molecular weight excluding hydrogens is 371 g/mol. The van der Waals surface area contributed by atoms with Gasteiger partial charge in [0, 0.05) is 0 Å². The summed E-state index contributed by atoms with van der Waals surface area (Å²) in [6.07, 6.45) is -4.57. The van der Waals surface area contributed by atoms with Gasteiger partial charge in [0.15, 0.2) is 5.16 Å². The number of H-pyrrole nitrogens is 1. The molecule has 3 N–H and O–H groups in total. The van der Waals surface area contributed by atoms with Gasteiger partial charge in [-0.3, -0.25) is 9.59 Å². The Morgan fingerprint density at radius 1 is 1.38 bits per heavy atom. The first-order valence-corrected chi connectivity index (χ1v) is 7.61. The van der Waals surface area contributed by atoms with Gasteiger partial charge >= 0.3 is 6.18 Å². The number of nitrogens with one attached hydrogen (secondary N) is 2. The van der Waals surface area contributed by atoms with Gasteiger partial charge in [-0.15, -0.1) is 0 Å². The van der Waals surface area contributed by atoms with Crippen molar-refractivity contribution in [2.75, 3.05) is 11.1 Å².